The lowest BCUT2D eigenvalue weighted by atomic mass is 9.97. The number of ether oxygens (including phenoxy) is 1. The van der Waals surface area contributed by atoms with E-state index in [1.54, 1.807) is 0 Å². The molecule has 2 aliphatic rings. The molecule has 0 saturated carbocycles. The molecule has 2 fully saturated rings. The number of rotatable bonds is 7. The van der Waals surface area contributed by atoms with E-state index in [9.17, 15) is 0 Å². The molecule has 0 amide bonds. The van der Waals surface area contributed by atoms with E-state index in [0.717, 1.165) is 44.7 Å². The molecule has 1 unspecified atom stereocenters. The summed E-state index contributed by atoms with van der Waals surface area (Å²) in [7, 11) is 2.16. The summed E-state index contributed by atoms with van der Waals surface area (Å²) in [6.45, 7) is 12.9. The van der Waals surface area contributed by atoms with Gasteiger partial charge in [-0.2, -0.15) is 0 Å². The molecule has 142 valence electrons. The van der Waals surface area contributed by atoms with Crippen molar-refractivity contribution in [1.82, 2.24) is 15.1 Å². The van der Waals surface area contributed by atoms with Gasteiger partial charge >= 0.3 is 0 Å². The minimum atomic E-state index is 0. The zero-order valence-corrected chi connectivity index (χ0v) is 18.1. The highest BCUT2D eigenvalue weighted by molar-refractivity contribution is 14.0. The van der Waals surface area contributed by atoms with Gasteiger partial charge in [-0.3, -0.25) is 4.99 Å². The molecule has 1 atom stereocenters. The van der Waals surface area contributed by atoms with Crippen molar-refractivity contribution in [3.63, 3.8) is 0 Å². The Morgan fingerprint density at radius 1 is 1.21 bits per heavy atom. The van der Waals surface area contributed by atoms with E-state index in [0.29, 0.717) is 5.92 Å². The Bertz CT molecular complexity index is 353. The Balaban J connectivity index is 0.00000288. The number of aliphatic imine (C=N–C) groups is 1. The summed E-state index contributed by atoms with van der Waals surface area (Å²) < 4.78 is 5.49. The lowest BCUT2D eigenvalue weighted by Crippen LogP contribution is -2.42. The second kappa shape index (κ2) is 12.3. The molecule has 0 aliphatic carbocycles. The van der Waals surface area contributed by atoms with Crippen LogP contribution in [0, 0.1) is 11.8 Å². The molecule has 0 aromatic carbocycles. The number of nitrogens with zero attached hydrogens (tertiary/aromatic N) is 3. The van der Waals surface area contributed by atoms with Crippen molar-refractivity contribution in [2.45, 2.75) is 39.5 Å². The standard InChI is InChI=1S/C18H36N4O.HI/c1-4-9-22-10-6-16(7-11-22)13-20-18(19-5-2)21(3)14-17-8-12-23-15-17;/h16-17H,4-15H2,1-3H3,(H,19,20);1H. The van der Waals surface area contributed by atoms with Crippen LogP contribution in [-0.4, -0.2) is 75.3 Å². The highest BCUT2D eigenvalue weighted by Gasteiger charge is 2.21. The predicted octanol–water partition coefficient (Wildman–Crippen LogP) is 2.66. The lowest BCUT2D eigenvalue weighted by Gasteiger charge is -2.31. The predicted molar refractivity (Wildman–Crippen MR) is 112 cm³/mol. The van der Waals surface area contributed by atoms with Crippen molar-refractivity contribution in [3.05, 3.63) is 0 Å². The number of nitrogens with one attached hydrogen (secondary N) is 1. The molecule has 0 aromatic heterocycles. The fraction of sp³-hybridized carbons (Fsp3) is 0.944. The Morgan fingerprint density at radius 2 is 1.96 bits per heavy atom. The molecule has 0 spiro atoms. The van der Waals surface area contributed by atoms with Gasteiger partial charge in [0.05, 0.1) is 6.61 Å². The van der Waals surface area contributed by atoms with Gasteiger partial charge in [0.2, 0.25) is 0 Å². The molecular weight excluding hydrogens is 415 g/mol. The molecule has 2 saturated heterocycles. The Morgan fingerprint density at radius 3 is 2.54 bits per heavy atom. The average molecular weight is 452 g/mol. The summed E-state index contributed by atoms with van der Waals surface area (Å²) in [6.07, 6.45) is 5.04. The van der Waals surface area contributed by atoms with Crippen LogP contribution < -0.4 is 5.32 Å². The smallest absolute Gasteiger partial charge is 0.193 e. The molecule has 0 radical (unpaired) electrons. The topological polar surface area (TPSA) is 40.1 Å². The van der Waals surface area contributed by atoms with Gasteiger partial charge < -0.3 is 19.9 Å². The highest BCUT2D eigenvalue weighted by Crippen LogP contribution is 2.18. The molecule has 2 aliphatic heterocycles. The first-order valence-corrected chi connectivity index (χ1v) is 9.52. The fourth-order valence-corrected chi connectivity index (χ4v) is 3.60. The first-order valence-electron chi connectivity index (χ1n) is 9.52. The summed E-state index contributed by atoms with van der Waals surface area (Å²) in [5.41, 5.74) is 0. The third-order valence-corrected chi connectivity index (χ3v) is 5.00. The van der Waals surface area contributed by atoms with Crippen molar-refractivity contribution >= 4 is 29.9 Å². The van der Waals surface area contributed by atoms with E-state index in [-0.39, 0.29) is 24.0 Å². The van der Waals surface area contributed by atoms with Gasteiger partial charge in [0.1, 0.15) is 0 Å². The molecule has 2 heterocycles. The first kappa shape index (κ1) is 22.0. The molecular formula is C18H37IN4O. The van der Waals surface area contributed by atoms with E-state index >= 15 is 0 Å². The van der Waals surface area contributed by atoms with Gasteiger partial charge in [0.15, 0.2) is 5.96 Å². The first-order chi connectivity index (χ1) is 11.2. The monoisotopic (exact) mass is 452 g/mol. The molecule has 2 rings (SSSR count). The highest BCUT2D eigenvalue weighted by atomic mass is 127. The number of hydrogen-bond acceptors (Lipinski definition) is 3. The number of guanidine groups is 1. The van der Waals surface area contributed by atoms with Crippen LogP contribution in [0.4, 0.5) is 0 Å². The summed E-state index contributed by atoms with van der Waals surface area (Å²) in [5.74, 6) is 2.47. The van der Waals surface area contributed by atoms with Gasteiger partial charge in [-0.25, -0.2) is 0 Å². The molecule has 6 heteroatoms. The quantitative estimate of drug-likeness (QED) is 0.367. The minimum absolute atomic E-state index is 0. The summed E-state index contributed by atoms with van der Waals surface area (Å²) in [4.78, 5) is 9.80. The summed E-state index contributed by atoms with van der Waals surface area (Å²) in [5, 5.41) is 3.45. The van der Waals surface area contributed by atoms with Crippen LogP contribution in [0.2, 0.25) is 0 Å². The zero-order valence-electron chi connectivity index (χ0n) is 15.8. The number of halogens is 1. The van der Waals surface area contributed by atoms with Crippen molar-refractivity contribution in [3.8, 4) is 0 Å². The van der Waals surface area contributed by atoms with E-state index in [1.807, 2.05) is 0 Å². The maximum absolute atomic E-state index is 5.49. The van der Waals surface area contributed by atoms with Crippen molar-refractivity contribution in [1.29, 1.82) is 0 Å². The van der Waals surface area contributed by atoms with Crippen LogP contribution in [0.1, 0.15) is 39.5 Å². The van der Waals surface area contributed by atoms with Crippen LogP contribution in [0.25, 0.3) is 0 Å². The van der Waals surface area contributed by atoms with E-state index in [4.69, 9.17) is 9.73 Å². The SMILES string of the molecule is CCCN1CCC(CN=C(NCC)N(C)CC2CCOC2)CC1.I. The van der Waals surface area contributed by atoms with E-state index in [2.05, 4.69) is 36.0 Å². The second-order valence-corrected chi connectivity index (χ2v) is 7.09. The van der Waals surface area contributed by atoms with Crippen molar-refractivity contribution in [2.24, 2.45) is 16.8 Å². The number of likely N-dealkylation sites (tertiary alicyclic amines) is 1. The number of piperidine rings is 1. The second-order valence-electron chi connectivity index (χ2n) is 7.09. The minimum Gasteiger partial charge on any atom is -0.381 e. The van der Waals surface area contributed by atoms with Gasteiger partial charge in [-0.15, -0.1) is 24.0 Å². The van der Waals surface area contributed by atoms with Crippen LogP contribution >= 0.6 is 24.0 Å². The molecule has 24 heavy (non-hydrogen) atoms. The van der Waals surface area contributed by atoms with Crippen molar-refractivity contribution < 1.29 is 4.74 Å². The maximum atomic E-state index is 5.49. The van der Waals surface area contributed by atoms with E-state index in [1.165, 1.54) is 45.3 Å². The largest absolute Gasteiger partial charge is 0.381 e. The molecule has 0 aromatic rings. The summed E-state index contributed by atoms with van der Waals surface area (Å²) >= 11 is 0. The zero-order chi connectivity index (χ0) is 16.5. The number of hydrogen-bond donors (Lipinski definition) is 1. The van der Waals surface area contributed by atoms with Crippen LogP contribution in [0.3, 0.4) is 0 Å². The molecule has 5 nitrogen and oxygen atoms in total. The Labute approximate surface area is 165 Å². The maximum Gasteiger partial charge on any atom is 0.193 e. The molecule has 0 bridgehead atoms. The average Bonchev–Trinajstić information content (AvgIpc) is 3.06. The van der Waals surface area contributed by atoms with Crippen molar-refractivity contribution in [2.75, 3.05) is 59.5 Å². The van der Waals surface area contributed by atoms with Crippen LogP contribution in [-0.2, 0) is 4.74 Å². The van der Waals surface area contributed by atoms with Crippen LogP contribution in [0.5, 0.6) is 0 Å². The third kappa shape index (κ3) is 7.44. The molecule has 1 N–H and O–H groups in total. The Kier molecular flexibility index (Phi) is 11.3. The van der Waals surface area contributed by atoms with Gasteiger partial charge in [-0.05, 0) is 58.2 Å². The lowest BCUT2D eigenvalue weighted by molar-refractivity contribution is 0.180. The van der Waals surface area contributed by atoms with E-state index < -0.39 is 0 Å². The van der Waals surface area contributed by atoms with Crippen LogP contribution in [0.15, 0.2) is 4.99 Å². The third-order valence-electron chi connectivity index (χ3n) is 5.00. The fourth-order valence-electron chi connectivity index (χ4n) is 3.60. The van der Waals surface area contributed by atoms with Gasteiger partial charge in [0.25, 0.3) is 0 Å². The summed E-state index contributed by atoms with van der Waals surface area (Å²) in [6, 6.07) is 0. The van der Waals surface area contributed by atoms with Gasteiger partial charge in [0, 0.05) is 39.2 Å². The van der Waals surface area contributed by atoms with Gasteiger partial charge in [-0.1, -0.05) is 6.92 Å². The Hall–Kier alpha value is -0.0800. The normalized spacial score (nSPS) is 23.1.